The van der Waals surface area contributed by atoms with Gasteiger partial charge in [0.15, 0.2) is 0 Å². The third-order valence-electron chi connectivity index (χ3n) is 2.65. The van der Waals surface area contributed by atoms with E-state index in [1.807, 2.05) is 0 Å². The van der Waals surface area contributed by atoms with Crippen molar-refractivity contribution in [3.05, 3.63) is 11.1 Å². The lowest BCUT2D eigenvalue weighted by Crippen LogP contribution is -2.15. The van der Waals surface area contributed by atoms with Gasteiger partial charge in [0.1, 0.15) is 0 Å². The molecule has 128 valence electrons. The summed E-state index contributed by atoms with van der Waals surface area (Å²) in [7, 11) is 0. The van der Waals surface area contributed by atoms with Crippen LogP contribution in [0.25, 0.3) is 0 Å². The summed E-state index contributed by atoms with van der Waals surface area (Å²) in [5, 5.41) is 18.4. The molecule has 0 atom stereocenters. The van der Waals surface area contributed by atoms with Gasteiger partial charge in [-0.05, 0) is 37.8 Å². The Labute approximate surface area is 158 Å². The van der Waals surface area contributed by atoms with Gasteiger partial charge in [0.25, 0.3) is 0 Å². The highest BCUT2D eigenvalue weighted by Crippen LogP contribution is 2.31. The second-order valence-corrected chi connectivity index (χ2v) is 23.1. The Morgan fingerprint density at radius 2 is 0.955 bits per heavy atom. The van der Waals surface area contributed by atoms with Crippen LogP contribution in [-0.4, -0.2) is 34.2 Å². The third-order valence-corrected chi connectivity index (χ3v) is 7.90. The van der Waals surface area contributed by atoms with E-state index < -0.39 is 23.9 Å². The minimum atomic E-state index is -2.86. The topological polar surface area (TPSA) is 74.6 Å². The van der Waals surface area contributed by atoms with Crippen molar-refractivity contribution in [1.29, 1.82) is 0 Å². The maximum absolute atomic E-state index is 11.3. The molecule has 4 nitrogen and oxygen atoms in total. The smallest absolute Gasteiger partial charge is 0.341 e. The molecular weight excluding hydrogens is 453 g/mol. The third kappa shape index (κ3) is 11.4. The van der Waals surface area contributed by atoms with Crippen LogP contribution in [-0.2, 0) is 9.59 Å². The average Bonchev–Trinajstić information content (AvgIpc) is 2.27. The molecule has 12 heteroatoms. The molecule has 0 aliphatic heterocycles. The maximum Gasteiger partial charge on any atom is 0.341 e. The minimum Gasteiger partial charge on any atom is -0.478 e. The molecule has 0 aromatic heterocycles. The predicted molar refractivity (Wildman–Crippen MR) is 97.0 cm³/mol. The summed E-state index contributed by atoms with van der Waals surface area (Å²) in [5.74, 6) is -2.59. The molecule has 0 amide bonds. The zero-order valence-corrected chi connectivity index (χ0v) is 17.8. The van der Waals surface area contributed by atoms with Crippen LogP contribution in [0, 0.1) is 0 Å². The fraction of sp³-hybridized carbons (Fsp3) is 0.600. The lowest BCUT2D eigenvalue weighted by molar-refractivity contribution is -0.136. The average molecular weight is 467 g/mol. The molecule has 0 saturated carbocycles. The predicted octanol–water partition coefficient (Wildman–Crippen LogP) is 5.32. The van der Waals surface area contributed by atoms with Gasteiger partial charge in [0.2, 0.25) is 0 Å². The van der Waals surface area contributed by atoms with Crippen LogP contribution in [0.5, 0.6) is 0 Å². The fourth-order valence-corrected chi connectivity index (χ4v) is 5.27. The van der Waals surface area contributed by atoms with Gasteiger partial charge in [-0.25, -0.2) is 9.59 Å². The van der Waals surface area contributed by atoms with Crippen LogP contribution in [0.4, 0.5) is 0 Å². The summed E-state index contributed by atoms with van der Waals surface area (Å²) in [6.45, 7) is 0. The highest BCUT2D eigenvalue weighted by atomic mass is 35.8. The van der Waals surface area contributed by atoms with Gasteiger partial charge in [-0.2, -0.15) is 0 Å². The molecule has 0 radical (unpaired) electrons. The van der Waals surface area contributed by atoms with E-state index in [1.165, 1.54) is 0 Å². The van der Waals surface area contributed by atoms with E-state index in [0.717, 1.165) is 0 Å². The van der Waals surface area contributed by atoms with Crippen molar-refractivity contribution in [2.75, 3.05) is 0 Å². The SMILES string of the molecule is O=C(O)/C(CCC[Si](Cl)(Cl)Cl)=C(/CCC[Si](Cl)(Cl)Cl)C(=O)O. The van der Waals surface area contributed by atoms with Gasteiger partial charge >= 0.3 is 23.9 Å². The number of carboxylic acid groups (broad SMARTS) is 2. The molecule has 0 spiro atoms. The molecule has 0 aliphatic carbocycles. The van der Waals surface area contributed by atoms with E-state index in [1.54, 1.807) is 0 Å². The van der Waals surface area contributed by atoms with Crippen LogP contribution in [0.2, 0.25) is 12.1 Å². The van der Waals surface area contributed by atoms with E-state index >= 15 is 0 Å². The molecular formula is C10H14Cl6O4Si2. The lowest BCUT2D eigenvalue weighted by atomic mass is 10.00. The Balaban J connectivity index is 4.98. The van der Waals surface area contributed by atoms with Crippen molar-refractivity contribution >= 4 is 90.4 Å². The molecule has 22 heavy (non-hydrogen) atoms. The van der Waals surface area contributed by atoms with Gasteiger partial charge in [-0.3, -0.25) is 0 Å². The number of halogens is 6. The molecule has 0 rings (SSSR count). The van der Waals surface area contributed by atoms with E-state index in [4.69, 9.17) is 66.5 Å². The summed E-state index contributed by atoms with van der Waals surface area (Å²) in [6.07, 6.45) is 0.618. The molecule has 0 unspecified atom stereocenters. The van der Waals surface area contributed by atoms with Crippen molar-refractivity contribution in [2.45, 2.75) is 37.8 Å². The second kappa shape index (κ2) is 9.98. The van der Waals surface area contributed by atoms with Crippen molar-refractivity contribution < 1.29 is 19.8 Å². The van der Waals surface area contributed by atoms with Crippen LogP contribution >= 0.6 is 66.5 Å². The number of hydrogen-bond donors (Lipinski definition) is 2. The standard InChI is InChI=1S/C10H14Cl6O4Si2/c11-21(12,13)5-1-3-7(9(17)18)8(10(19)20)4-2-6-22(14,15)16/h1-6H2,(H,17,18)(H,19,20)/b8-7-. The second-order valence-electron chi connectivity index (χ2n) is 4.50. The van der Waals surface area contributed by atoms with Crippen molar-refractivity contribution in [2.24, 2.45) is 0 Å². The zero-order valence-electron chi connectivity index (χ0n) is 11.2. The van der Waals surface area contributed by atoms with Crippen LogP contribution in [0.3, 0.4) is 0 Å². The van der Waals surface area contributed by atoms with Crippen molar-refractivity contribution in [1.82, 2.24) is 0 Å². The Bertz CT molecular complexity index is 404. The van der Waals surface area contributed by atoms with Crippen LogP contribution in [0.1, 0.15) is 25.7 Å². The first-order chi connectivity index (χ1) is 9.83. The van der Waals surface area contributed by atoms with E-state index in [-0.39, 0.29) is 36.1 Å². The van der Waals surface area contributed by atoms with Gasteiger partial charge in [-0.1, -0.05) is 0 Å². The first-order valence-corrected chi connectivity index (χ1v) is 16.6. The zero-order chi connectivity index (χ0) is 17.6. The minimum absolute atomic E-state index is 0.0169. The number of carboxylic acids is 2. The van der Waals surface area contributed by atoms with Gasteiger partial charge in [0.05, 0.1) is 0 Å². The summed E-state index contributed by atoms with van der Waals surface area (Å²) in [6, 6.07) is -5.22. The summed E-state index contributed by atoms with van der Waals surface area (Å²) >= 11 is 34.3. The first kappa shape index (κ1) is 22.9. The van der Waals surface area contributed by atoms with E-state index in [9.17, 15) is 19.8 Å². The Morgan fingerprint density at radius 1 is 0.682 bits per heavy atom. The molecule has 2 N–H and O–H groups in total. The maximum atomic E-state index is 11.3. The largest absolute Gasteiger partial charge is 0.478 e. The van der Waals surface area contributed by atoms with Crippen molar-refractivity contribution in [3.8, 4) is 0 Å². The Hall–Kier alpha value is 0.854. The highest BCUT2D eigenvalue weighted by molar-refractivity contribution is 7.65. The number of carbonyl (C=O) groups is 2. The van der Waals surface area contributed by atoms with Gasteiger partial charge < -0.3 is 10.2 Å². The van der Waals surface area contributed by atoms with Gasteiger partial charge in [-0.15, -0.1) is 66.5 Å². The number of aliphatic carboxylic acids is 2. The van der Waals surface area contributed by atoms with E-state index in [2.05, 4.69) is 0 Å². The van der Waals surface area contributed by atoms with Crippen LogP contribution in [0.15, 0.2) is 11.1 Å². The quantitative estimate of drug-likeness (QED) is 0.259. The summed E-state index contributed by atoms with van der Waals surface area (Å²) in [4.78, 5) is 22.6. The summed E-state index contributed by atoms with van der Waals surface area (Å²) < 4.78 is 0. The number of rotatable bonds is 10. The van der Waals surface area contributed by atoms with Gasteiger partial charge in [0, 0.05) is 11.1 Å². The Morgan fingerprint density at radius 3 is 1.14 bits per heavy atom. The molecule has 0 aliphatic rings. The van der Waals surface area contributed by atoms with Crippen molar-refractivity contribution in [3.63, 3.8) is 0 Å². The van der Waals surface area contributed by atoms with E-state index in [0.29, 0.717) is 12.8 Å². The fourth-order valence-electron chi connectivity index (χ4n) is 1.71. The molecule has 0 bridgehead atoms. The molecule has 0 fully saturated rings. The molecule has 0 saturated heterocycles. The molecule has 0 aromatic rings. The molecule has 0 heterocycles. The normalized spacial score (nSPS) is 13.7. The monoisotopic (exact) mass is 464 g/mol. The molecule has 0 aromatic carbocycles. The first-order valence-electron chi connectivity index (χ1n) is 6.15. The lowest BCUT2D eigenvalue weighted by Gasteiger charge is -2.12. The summed E-state index contributed by atoms with van der Waals surface area (Å²) in [5.41, 5.74) is -0.386. The number of hydrogen-bond acceptors (Lipinski definition) is 2. The van der Waals surface area contributed by atoms with Crippen LogP contribution < -0.4 is 0 Å². The Kier molecular flexibility index (Phi) is 10.4. The highest BCUT2D eigenvalue weighted by Gasteiger charge is 2.28.